The summed E-state index contributed by atoms with van der Waals surface area (Å²) in [6.07, 6.45) is 51.3. The van der Waals surface area contributed by atoms with Gasteiger partial charge in [-0.25, -0.2) is 0 Å². The van der Waals surface area contributed by atoms with Crippen LogP contribution in [0.4, 0.5) is 0 Å². The molecule has 0 spiro atoms. The van der Waals surface area contributed by atoms with E-state index in [1.54, 1.807) is 0 Å². The highest BCUT2D eigenvalue weighted by molar-refractivity contribution is 5.75. The van der Waals surface area contributed by atoms with E-state index in [2.05, 4.69) is 79.4 Å². The van der Waals surface area contributed by atoms with Gasteiger partial charge in [0.05, 0.1) is 19.3 Å². The van der Waals surface area contributed by atoms with Crippen molar-refractivity contribution in [3.63, 3.8) is 0 Å². The van der Waals surface area contributed by atoms with Crippen LogP contribution in [0.1, 0.15) is 181 Å². The first-order chi connectivity index (χ1) is 24.5. The van der Waals surface area contributed by atoms with Gasteiger partial charge in [0.15, 0.2) is 11.7 Å². The SMILES string of the molecule is CCCCCC=CCC=CCCCCCCCCC1(CCCCCCCCC=CCC=CCCCCC)OCC(CN(C)CCN=C(N)N)O1. The molecule has 0 radical (unpaired) electrons. The molecule has 6 heteroatoms. The van der Waals surface area contributed by atoms with Crippen LogP contribution in [-0.4, -0.2) is 56.0 Å². The average Bonchev–Trinajstić information content (AvgIpc) is 3.49. The van der Waals surface area contributed by atoms with Crippen LogP contribution in [0.3, 0.4) is 0 Å². The van der Waals surface area contributed by atoms with E-state index < -0.39 is 5.79 Å². The molecule has 0 aliphatic carbocycles. The van der Waals surface area contributed by atoms with Crippen LogP contribution < -0.4 is 11.5 Å². The number of hydrogen-bond donors (Lipinski definition) is 2. The highest BCUT2D eigenvalue weighted by atomic mass is 16.7. The third-order valence-electron chi connectivity index (χ3n) is 9.72. The monoisotopic (exact) mass is 699 g/mol. The van der Waals surface area contributed by atoms with Crippen molar-refractivity contribution in [1.29, 1.82) is 0 Å². The van der Waals surface area contributed by atoms with Crippen molar-refractivity contribution in [3.8, 4) is 0 Å². The van der Waals surface area contributed by atoms with Crippen LogP contribution in [0.5, 0.6) is 0 Å². The number of hydrogen-bond acceptors (Lipinski definition) is 4. The molecule has 1 aliphatic heterocycles. The molecule has 6 nitrogen and oxygen atoms in total. The van der Waals surface area contributed by atoms with E-state index in [-0.39, 0.29) is 12.1 Å². The van der Waals surface area contributed by atoms with E-state index in [1.807, 2.05) is 0 Å². The number of ether oxygens (including phenoxy) is 2. The van der Waals surface area contributed by atoms with Crippen LogP contribution in [-0.2, 0) is 9.47 Å². The fourth-order valence-electron chi connectivity index (χ4n) is 6.65. The van der Waals surface area contributed by atoms with Gasteiger partial charge in [0, 0.05) is 25.9 Å². The lowest BCUT2D eigenvalue weighted by atomic mass is 9.98. The summed E-state index contributed by atoms with van der Waals surface area (Å²) in [5.74, 6) is -0.255. The van der Waals surface area contributed by atoms with Crippen molar-refractivity contribution >= 4 is 5.96 Å². The topological polar surface area (TPSA) is 86.1 Å². The second-order valence-corrected chi connectivity index (χ2v) is 14.7. The normalized spacial score (nSPS) is 18.3. The Bertz CT molecular complexity index is 844. The quantitative estimate of drug-likeness (QED) is 0.0298. The minimum absolute atomic E-state index is 0.105. The van der Waals surface area contributed by atoms with Gasteiger partial charge in [-0.1, -0.05) is 140 Å². The number of aliphatic imine (C=N–C) groups is 1. The molecule has 0 saturated carbocycles. The lowest BCUT2D eigenvalue weighted by Gasteiger charge is -2.29. The molecule has 4 N–H and O–H groups in total. The third-order valence-corrected chi connectivity index (χ3v) is 9.72. The summed E-state index contributed by atoms with van der Waals surface area (Å²) < 4.78 is 13.2. The second kappa shape index (κ2) is 34.2. The Morgan fingerprint density at radius 3 is 1.48 bits per heavy atom. The largest absolute Gasteiger partial charge is 0.370 e. The molecular weight excluding hydrogens is 617 g/mol. The van der Waals surface area contributed by atoms with E-state index in [0.717, 1.165) is 38.8 Å². The number of nitrogens with two attached hydrogens (primary N) is 2. The number of allylic oxidation sites excluding steroid dienone is 8. The summed E-state index contributed by atoms with van der Waals surface area (Å²) in [6.45, 7) is 7.46. The zero-order valence-corrected chi connectivity index (χ0v) is 33.3. The number of nitrogens with zero attached hydrogens (tertiary/aromatic N) is 2. The molecule has 0 aromatic heterocycles. The summed E-state index contributed by atoms with van der Waals surface area (Å²) in [7, 11) is 2.11. The first-order valence-electron chi connectivity index (χ1n) is 21.2. The molecule has 0 aromatic rings. The van der Waals surface area contributed by atoms with Crippen molar-refractivity contribution < 1.29 is 9.47 Å². The molecule has 1 fully saturated rings. The molecule has 1 atom stereocenters. The molecule has 290 valence electrons. The minimum Gasteiger partial charge on any atom is -0.370 e. The van der Waals surface area contributed by atoms with E-state index in [1.165, 1.54) is 141 Å². The van der Waals surface area contributed by atoms with Gasteiger partial charge < -0.3 is 25.8 Å². The van der Waals surface area contributed by atoms with Crippen molar-refractivity contribution in [2.75, 3.05) is 33.3 Å². The summed E-state index contributed by atoms with van der Waals surface area (Å²) in [5, 5.41) is 0. The second-order valence-electron chi connectivity index (χ2n) is 14.7. The lowest BCUT2D eigenvalue weighted by molar-refractivity contribution is -0.180. The van der Waals surface area contributed by atoms with Gasteiger partial charge in [-0.3, -0.25) is 4.99 Å². The summed E-state index contributed by atoms with van der Waals surface area (Å²) >= 11 is 0. The smallest absolute Gasteiger partial charge is 0.185 e. The number of guanidine groups is 1. The van der Waals surface area contributed by atoms with Gasteiger partial charge in [-0.2, -0.15) is 0 Å². The lowest BCUT2D eigenvalue weighted by Crippen LogP contribution is -2.36. The van der Waals surface area contributed by atoms with Crippen molar-refractivity contribution in [3.05, 3.63) is 48.6 Å². The van der Waals surface area contributed by atoms with E-state index >= 15 is 0 Å². The molecule has 1 unspecified atom stereocenters. The molecule has 1 aliphatic rings. The highest BCUT2D eigenvalue weighted by Crippen LogP contribution is 2.35. The molecule has 0 bridgehead atoms. The van der Waals surface area contributed by atoms with Crippen LogP contribution in [0.15, 0.2) is 53.6 Å². The molecule has 1 rings (SSSR count). The Labute approximate surface area is 310 Å². The van der Waals surface area contributed by atoms with E-state index in [0.29, 0.717) is 13.2 Å². The van der Waals surface area contributed by atoms with Crippen molar-refractivity contribution in [1.82, 2.24) is 4.90 Å². The fraction of sp³-hybridized carbons (Fsp3) is 0.795. The predicted molar refractivity (Wildman–Crippen MR) is 220 cm³/mol. The predicted octanol–water partition coefficient (Wildman–Crippen LogP) is 11.7. The zero-order chi connectivity index (χ0) is 36.2. The van der Waals surface area contributed by atoms with Gasteiger partial charge in [-0.15, -0.1) is 0 Å². The number of rotatable bonds is 35. The van der Waals surface area contributed by atoms with Gasteiger partial charge in [0.25, 0.3) is 0 Å². The molecule has 1 heterocycles. The standard InChI is InChI=1S/C44H82N4O2/c1-4-6-8-10-12-14-16-18-20-22-24-26-28-30-32-34-36-44(49-41-42(50-44)40-48(3)39-38-47-43(45)46)37-35-33-31-29-27-25-23-21-19-17-15-13-11-9-7-5-2/h12-15,18-21,42H,4-11,16-17,22-41H2,1-3H3,(H4,45,46,47). The maximum atomic E-state index is 6.72. The Balaban J connectivity index is 2.29. The summed E-state index contributed by atoms with van der Waals surface area (Å²) in [5.41, 5.74) is 11.0. The van der Waals surface area contributed by atoms with E-state index in [9.17, 15) is 0 Å². The van der Waals surface area contributed by atoms with Crippen LogP contribution in [0.25, 0.3) is 0 Å². The molecular formula is C44H82N4O2. The van der Waals surface area contributed by atoms with Gasteiger partial charge in [0.2, 0.25) is 0 Å². The van der Waals surface area contributed by atoms with Crippen LogP contribution in [0.2, 0.25) is 0 Å². The fourth-order valence-corrected chi connectivity index (χ4v) is 6.65. The number of unbranched alkanes of at least 4 members (excludes halogenated alkanes) is 18. The van der Waals surface area contributed by atoms with Crippen molar-refractivity contribution in [2.24, 2.45) is 16.5 Å². The van der Waals surface area contributed by atoms with Crippen LogP contribution in [0, 0.1) is 0 Å². The Morgan fingerprint density at radius 1 is 0.620 bits per heavy atom. The van der Waals surface area contributed by atoms with Gasteiger partial charge in [-0.05, 0) is 84.1 Å². The third kappa shape index (κ3) is 28.8. The van der Waals surface area contributed by atoms with Gasteiger partial charge >= 0.3 is 0 Å². The molecule has 1 saturated heterocycles. The minimum atomic E-state index is -0.407. The Kier molecular flexibility index (Phi) is 31.6. The van der Waals surface area contributed by atoms with Crippen LogP contribution >= 0.6 is 0 Å². The molecule has 0 amide bonds. The van der Waals surface area contributed by atoms with Gasteiger partial charge in [0.1, 0.15) is 0 Å². The summed E-state index contributed by atoms with van der Waals surface area (Å²) in [4.78, 5) is 6.38. The highest BCUT2D eigenvalue weighted by Gasteiger charge is 2.40. The maximum absolute atomic E-state index is 6.72. The van der Waals surface area contributed by atoms with E-state index in [4.69, 9.17) is 20.9 Å². The Hall–Kier alpha value is -1.89. The average molecular weight is 699 g/mol. The van der Waals surface area contributed by atoms with Crippen molar-refractivity contribution in [2.45, 2.75) is 193 Å². The Morgan fingerprint density at radius 2 is 1.04 bits per heavy atom. The summed E-state index contributed by atoms with van der Waals surface area (Å²) in [6, 6.07) is 0. The molecule has 50 heavy (non-hydrogen) atoms. The molecule has 0 aromatic carbocycles. The maximum Gasteiger partial charge on any atom is 0.185 e. The number of likely N-dealkylation sites (N-methyl/N-ethyl adjacent to an activating group) is 1. The first kappa shape index (κ1) is 46.1. The first-order valence-corrected chi connectivity index (χ1v) is 21.2. The zero-order valence-electron chi connectivity index (χ0n) is 33.3.